The van der Waals surface area contributed by atoms with Gasteiger partial charge in [-0.3, -0.25) is 4.98 Å². The number of thiazole rings is 1. The minimum atomic E-state index is 0.787. The van der Waals surface area contributed by atoms with Crippen molar-refractivity contribution in [3.05, 3.63) is 33.2 Å². The van der Waals surface area contributed by atoms with Crippen molar-refractivity contribution in [3.8, 4) is 0 Å². The molecular weight excluding hydrogens is 214 g/mol. The lowest BCUT2D eigenvalue weighted by atomic mass is 10.3. The highest BCUT2D eigenvalue weighted by Crippen LogP contribution is 2.11. The molecule has 0 radical (unpaired) electrons. The number of hydrogen-bond acceptors (Lipinski definition) is 3. The number of nitrogens with one attached hydrogen (secondary N) is 1. The molecule has 0 atom stereocenters. The predicted octanol–water partition coefficient (Wildman–Crippen LogP) is 2.61. The van der Waals surface area contributed by atoms with Gasteiger partial charge < -0.3 is 9.55 Å². The molecule has 74 valence electrons. The number of H-pyrrole nitrogens is 1. The third kappa shape index (κ3) is 1.78. The molecule has 2 aromatic heterocycles. The Morgan fingerprint density at radius 2 is 2.50 bits per heavy atom. The van der Waals surface area contributed by atoms with Gasteiger partial charge >= 0.3 is 0 Å². The van der Waals surface area contributed by atoms with Crippen LogP contribution in [0.4, 0.5) is 0 Å². The number of rotatable bonds is 3. The molecule has 1 N–H and O–H groups in total. The Kier molecular flexibility index (Phi) is 2.79. The Hall–Kier alpha value is -0.940. The number of aromatic nitrogens is 3. The van der Waals surface area contributed by atoms with Crippen LogP contribution in [-0.2, 0) is 13.0 Å². The van der Waals surface area contributed by atoms with Gasteiger partial charge in [0, 0.05) is 23.0 Å². The molecule has 0 fully saturated rings. The zero-order valence-corrected chi connectivity index (χ0v) is 9.49. The second-order valence-electron chi connectivity index (χ2n) is 2.99. The Morgan fingerprint density at radius 3 is 3.14 bits per heavy atom. The van der Waals surface area contributed by atoms with E-state index >= 15 is 0 Å². The average Bonchev–Trinajstić information content (AvgIpc) is 2.79. The molecule has 0 aliphatic rings. The molecule has 0 spiro atoms. The summed E-state index contributed by atoms with van der Waals surface area (Å²) in [6.45, 7) is 2.96. The van der Waals surface area contributed by atoms with Crippen molar-refractivity contribution >= 4 is 23.6 Å². The molecule has 3 nitrogen and oxygen atoms in total. The maximum atomic E-state index is 5.20. The van der Waals surface area contributed by atoms with Crippen molar-refractivity contribution in [1.29, 1.82) is 0 Å². The van der Waals surface area contributed by atoms with Crippen molar-refractivity contribution in [1.82, 2.24) is 14.5 Å². The van der Waals surface area contributed by atoms with Crippen LogP contribution in [0.1, 0.15) is 17.5 Å². The van der Waals surface area contributed by atoms with Gasteiger partial charge in [-0.1, -0.05) is 6.92 Å². The van der Waals surface area contributed by atoms with Crippen molar-refractivity contribution in [2.75, 3.05) is 0 Å². The highest BCUT2D eigenvalue weighted by atomic mass is 32.1. The van der Waals surface area contributed by atoms with Crippen LogP contribution >= 0.6 is 23.6 Å². The summed E-state index contributed by atoms with van der Waals surface area (Å²) in [5.74, 6) is 0. The van der Waals surface area contributed by atoms with E-state index in [-0.39, 0.29) is 0 Å². The van der Waals surface area contributed by atoms with Crippen molar-refractivity contribution in [2.45, 2.75) is 19.9 Å². The maximum Gasteiger partial charge on any atom is 0.177 e. The van der Waals surface area contributed by atoms with E-state index in [1.807, 2.05) is 17.9 Å². The lowest BCUT2D eigenvalue weighted by Crippen LogP contribution is -2.02. The van der Waals surface area contributed by atoms with Crippen LogP contribution in [0.3, 0.4) is 0 Å². The molecule has 5 heteroatoms. The summed E-state index contributed by atoms with van der Waals surface area (Å²) in [5.41, 5.74) is 3.08. The van der Waals surface area contributed by atoms with Crippen molar-refractivity contribution < 1.29 is 0 Å². The third-order valence-corrected chi connectivity index (χ3v) is 3.22. The lowest BCUT2D eigenvalue weighted by molar-refractivity contribution is 0.744. The Morgan fingerprint density at radius 1 is 1.64 bits per heavy atom. The topological polar surface area (TPSA) is 33.6 Å². The van der Waals surface area contributed by atoms with Gasteiger partial charge in [-0.2, -0.15) is 0 Å². The summed E-state index contributed by atoms with van der Waals surface area (Å²) >= 11 is 6.86. The van der Waals surface area contributed by atoms with E-state index in [1.54, 1.807) is 11.3 Å². The second-order valence-corrected chi connectivity index (χ2v) is 4.35. The monoisotopic (exact) mass is 225 g/mol. The van der Waals surface area contributed by atoms with Crippen LogP contribution in [0.25, 0.3) is 0 Å². The quantitative estimate of drug-likeness (QED) is 0.815. The van der Waals surface area contributed by atoms with Gasteiger partial charge in [0.15, 0.2) is 4.77 Å². The minimum absolute atomic E-state index is 0.787. The van der Waals surface area contributed by atoms with Crippen LogP contribution in [-0.4, -0.2) is 14.5 Å². The summed E-state index contributed by atoms with van der Waals surface area (Å²) in [5, 5.41) is 0. The van der Waals surface area contributed by atoms with Gasteiger partial charge in [0.05, 0.1) is 12.1 Å². The standard InChI is InChI=1S/C9H11N3S2/c1-2-7-3-11-9(13)12(7)5-8-4-10-6-14-8/h3-4,6H,2,5H2,1H3,(H,11,13). The van der Waals surface area contributed by atoms with Crippen molar-refractivity contribution in [3.63, 3.8) is 0 Å². The largest absolute Gasteiger partial charge is 0.337 e. The van der Waals surface area contributed by atoms with Crippen LogP contribution in [0.2, 0.25) is 0 Å². The summed E-state index contributed by atoms with van der Waals surface area (Å²) < 4.78 is 2.90. The number of hydrogen-bond donors (Lipinski definition) is 1. The molecule has 0 aliphatic carbocycles. The molecule has 0 unspecified atom stereocenters. The molecule has 0 amide bonds. The highest BCUT2D eigenvalue weighted by molar-refractivity contribution is 7.71. The normalized spacial score (nSPS) is 10.6. The highest BCUT2D eigenvalue weighted by Gasteiger charge is 2.03. The predicted molar refractivity (Wildman–Crippen MR) is 60.2 cm³/mol. The minimum Gasteiger partial charge on any atom is -0.337 e. The van der Waals surface area contributed by atoms with Gasteiger partial charge in [0.2, 0.25) is 0 Å². The molecule has 0 saturated heterocycles. The molecule has 14 heavy (non-hydrogen) atoms. The second kappa shape index (κ2) is 4.06. The third-order valence-electron chi connectivity index (χ3n) is 2.11. The zero-order chi connectivity index (χ0) is 9.97. The fraction of sp³-hybridized carbons (Fsp3) is 0.333. The first-order valence-electron chi connectivity index (χ1n) is 4.45. The van der Waals surface area contributed by atoms with E-state index in [4.69, 9.17) is 12.2 Å². The Labute approximate surface area is 91.4 Å². The summed E-state index contributed by atoms with van der Waals surface area (Å²) in [7, 11) is 0. The smallest absolute Gasteiger partial charge is 0.177 e. The van der Waals surface area contributed by atoms with Crippen LogP contribution in [0.15, 0.2) is 17.9 Å². The fourth-order valence-electron chi connectivity index (χ4n) is 1.37. The molecule has 0 bridgehead atoms. The first-order chi connectivity index (χ1) is 6.81. The molecule has 2 aromatic rings. The number of imidazole rings is 1. The molecule has 0 aliphatic heterocycles. The number of aromatic amines is 1. The molecule has 0 saturated carbocycles. The SMILES string of the molecule is CCc1c[nH]c(=S)n1Cc1cncs1. The molecule has 2 rings (SSSR count). The number of aryl methyl sites for hydroxylation is 1. The zero-order valence-electron chi connectivity index (χ0n) is 7.86. The lowest BCUT2D eigenvalue weighted by Gasteiger charge is -2.03. The van der Waals surface area contributed by atoms with Gasteiger partial charge in [0.25, 0.3) is 0 Å². The molecule has 0 aromatic carbocycles. The van der Waals surface area contributed by atoms with Crippen LogP contribution in [0.5, 0.6) is 0 Å². The van der Waals surface area contributed by atoms with E-state index < -0.39 is 0 Å². The fourth-order valence-corrected chi connectivity index (χ4v) is 2.20. The van der Waals surface area contributed by atoms with Crippen molar-refractivity contribution in [2.24, 2.45) is 0 Å². The molecular formula is C9H11N3S2. The first-order valence-corrected chi connectivity index (χ1v) is 5.74. The summed E-state index contributed by atoms with van der Waals surface area (Å²) in [6, 6.07) is 0. The van der Waals surface area contributed by atoms with Crippen LogP contribution < -0.4 is 0 Å². The summed E-state index contributed by atoms with van der Waals surface area (Å²) in [6.07, 6.45) is 4.86. The molecule has 2 heterocycles. The maximum absolute atomic E-state index is 5.20. The van der Waals surface area contributed by atoms with Gasteiger partial charge in [-0.05, 0) is 18.6 Å². The Balaban J connectivity index is 2.32. The average molecular weight is 225 g/mol. The van der Waals surface area contributed by atoms with E-state index in [0.29, 0.717) is 0 Å². The Bertz CT molecular complexity index is 453. The van der Waals surface area contributed by atoms with E-state index in [9.17, 15) is 0 Å². The van der Waals surface area contributed by atoms with Gasteiger partial charge in [-0.15, -0.1) is 11.3 Å². The van der Waals surface area contributed by atoms with E-state index in [0.717, 1.165) is 17.7 Å². The number of nitrogens with zero attached hydrogens (tertiary/aromatic N) is 2. The summed E-state index contributed by atoms with van der Waals surface area (Å²) in [4.78, 5) is 8.34. The van der Waals surface area contributed by atoms with Gasteiger partial charge in [0.1, 0.15) is 0 Å². The van der Waals surface area contributed by atoms with Crippen LogP contribution in [0, 0.1) is 4.77 Å². The van der Waals surface area contributed by atoms with E-state index in [1.165, 1.54) is 10.6 Å². The van der Waals surface area contributed by atoms with Gasteiger partial charge in [-0.25, -0.2) is 0 Å². The first kappa shape index (κ1) is 9.61. The van der Waals surface area contributed by atoms with E-state index in [2.05, 4.69) is 21.5 Å².